The van der Waals surface area contributed by atoms with Gasteiger partial charge in [0.2, 0.25) is 0 Å². The van der Waals surface area contributed by atoms with Crippen molar-refractivity contribution in [3.63, 3.8) is 0 Å². The second-order valence-electron chi connectivity index (χ2n) is 5.08. The van der Waals surface area contributed by atoms with Crippen molar-refractivity contribution >= 4 is 5.82 Å². The summed E-state index contributed by atoms with van der Waals surface area (Å²) in [5, 5.41) is 4.40. The molecule has 0 saturated heterocycles. The van der Waals surface area contributed by atoms with Crippen LogP contribution in [0.4, 0.5) is 14.6 Å². The predicted octanol–water partition coefficient (Wildman–Crippen LogP) is 3.85. The standard InChI is InChI=1S/C15H19F2N3/c1-4-5-9(2)14-13(15(18)20(3)19-14)11-7-6-10(16)8-12(11)17/h6-9H,4-5,18H2,1-3H3. The van der Waals surface area contributed by atoms with Gasteiger partial charge in [0.1, 0.15) is 17.5 Å². The molecule has 1 atom stereocenters. The van der Waals surface area contributed by atoms with Crippen LogP contribution in [0.1, 0.15) is 38.3 Å². The van der Waals surface area contributed by atoms with Crippen molar-refractivity contribution in [2.75, 3.05) is 5.73 Å². The Balaban J connectivity index is 2.60. The molecular weight excluding hydrogens is 260 g/mol. The summed E-state index contributed by atoms with van der Waals surface area (Å²) in [4.78, 5) is 0. The van der Waals surface area contributed by atoms with E-state index in [0.717, 1.165) is 24.6 Å². The van der Waals surface area contributed by atoms with Crippen LogP contribution in [0.15, 0.2) is 18.2 Å². The molecule has 1 heterocycles. The second-order valence-corrected chi connectivity index (χ2v) is 5.08. The van der Waals surface area contributed by atoms with Crippen LogP contribution in [-0.4, -0.2) is 9.78 Å². The summed E-state index contributed by atoms with van der Waals surface area (Å²) in [7, 11) is 1.72. The fraction of sp³-hybridized carbons (Fsp3) is 0.400. The SMILES string of the molecule is CCCC(C)c1nn(C)c(N)c1-c1ccc(F)cc1F. The molecule has 0 fully saturated rings. The molecule has 5 heteroatoms. The van der Waals surface area contributed by atoms with Crippen molar-refractivity contribution in [2.45, 2.75) is 32.6 Å². The highest BCUT2D eigenvalue weighted by molar-refractivity contribution is 5.77. The van der Waals surface area contributed by atoms with E-state index >= 15 is 0 Å². The third-order valence-electron chi connectivity index (χ3n) is 3.51. The number of nitrogens with zero attached hydrogens (tertiary/aromatic N) is 2. The fourth-order valence-electron chi connectivity index (χ4n) is 2.44. The zero-order valence-electron chi connectivity index (χ0n) is 12.0. The topological polar surface area (TPSA) is 43.8 Å². The minimum atomic E-state index is -0.616. The van der Waals surface area contributed by atoms with E-state index in [9.17, 15) is 8.78 Å². The number of halogens is 2. The molecule has 1 aromatic heterocycles. The summed E-state index contributed by atoms with van der Waals surface area (Å²) in [6.45, 7) is 4.12. The minimum Gasteiger partial charge on any atom is -0.383 e. The van der Waals surface area contributed by atoms with Crippen LogP contribution in [0.25, 0.3) is 11.1 Å². The lowest BCUT2D eigenvalue weighted by atomic mass is 9.94. The molecule has 3 nitrogen and oxygen atoms in total. The average molecular weight is 279 g/mol. The molecule has 2 N–H and O–H groups in total. The number of nitrogen functional groups attached to an aromatic ring is 1. The lowest BCUT2D eigenvalue weighted by Gasteiger charge is -2.11. The van der Waals surface area contributed by atoms with Gasteiger partial charge in [-0.1, -0.05) is 20.3 Å². The molecular formula is C15H19F2N3. The summed E-state index contributed by atoms with van der Waals surface area (Å²) in [5.74, 6) is -0.650. The number of aromatic nitrogens is 2. The molecule has 20 heavy (non-hydrogen) atoms. The molecule has 0 aliphatic rings. The number of nitrogens with two attached hydrogens (primary N) is 1. The van der Waals surface area contributed by atoms with Gasteiger partial charge in [-0.05, 0) is 18.6 Å². The quantitative estimate of drug-likeness (QED) is 0.923. The zero-order chi connectivity index (χ0) is 14.9. The molecule has 1 unspecified atom stereocenters. The van der Waals surface area contributed by atoms with Crippen molar-refractivity contribution in [1.82, 2.24) is 9.78 Å². The van der Waals surface area contributed by atoms with E-state index in [0.29, 0.717) is 16.9 Å². The molecule has 0 radical (unpaired) electrons. The Morgan fingerprint density at radius 2 is 2.05 bits per heavy atom. The molecule has 108 valence electrons. The Kier molecular flexibility index (Phi) is 4.06. The van der Waals surface area contributed by atoms with Gasteiger partial charge in [-0.3, -0.25) is 4.68 Å². The van der Waals surface area contributed by atoms with E-state index in [2.05, 4.69) is 12.0 Å². The predicted molar refractivity (Wildman–Crippen MR) is 76.3 cm³/mol. The number of hydrogen-bond acceptors (Lipinski definition) is 2. The van der Waals surface area contributed by atoms with Gasteiger partial charge in [0.05, 0.1) is 11.3 Å². The van der Waals surface area contributed by atoms with Gasteiger partial charge in [-0.2, -0.15) is 5.10 Å². The fourth-order valence-corrected chi connectivity index (χ4v) is 2.44. The Morgan fingerprint density at radius 1 is 1.35 bits per heavy atom. The van der Waals surface area contributed by atoms with Gasteiger partial charge in [0.15, 0.2) is 0 Å². The van der Waals surface area contributed by atoms with Gasteiger partial charge in [-0.25, -0.2) is 8.78 Å². The second kappa shape index (κ2) is 5.61. The van der Waals surface area contributed by atoms with Crippen LogP contribution in [0, 0.1) is 11.6 Å². The van der Waals surface area contributed by atoms with Crippen molar-refractivity contribution in [2.24, 2.45) is 7.05 Å². The molecule has 0 aliphatic heterocycles. The average Bonchev–Trinajstić information content (AvgIpc) is 2.67. The third-order valence-corrected chi connectivity index (χ3v) is 3.51. The largest absolute Gasteiger partial charge is 0.383 e. The van der Waals surface area contributed by atoms with E-state index in [1.807, 2.05) is 6.92 Å². The highest BCUT2D eigenvalue weighted by Gasteiger charge is 2.22. The Labute approximate surface area is 117 Å². The van der Waals surface area contributed by atoms with Crippen LogP contribution in [0.2, 0.25) is 0 Å². The Hall–Kier alpha value is -1.91. The van der Waals surface area contributed by atoms with Crippen molar-refractivity contribution in [3.05, 3.63) is 35.5 Å². The van der Waals surface area contributed by atoms with E-state index in [1.165, 1.54) is 12.1 Å². The summed E-state index contributed by atoms with van der Waals surface area (Å²) in [6.07, 6.45) is 1.94. The highest BCUT2D eigenvalue weighted by atomic mass is 19.1. The van der Waals surface area contributed by atoms with E-state index in [-0.39, 0.29) is 5.92 Å². The normalized spacial score (nSPS) is 12.7. The van der Waals surface area contributed by atoms with Crippen LogP contribution < -0.4 is 5.73 Å². The van der Waals surface area contributed by atoms with Gasteiger partial charge in [0.25, 0.3) is 0 Å². The third kappa shape index (κ3) is 2.53. The van der Waals surface area contributed by atoms with Crippen LogP contribution in [0.3, 0.4) is 0 Å². The smallest absolute Gasteiger partial charge is 0.134 e. The van der Waals surface area contributed by atoms with Gasteiger partial charge in [0, 0.05) is 24.6 Å². The maximum absolute atomic E-state index is 14.0. The van der Waals surface area contributed by atoms with Crippen LogP contribution in [-0.2, 0) is 7.05 Å². The zero-order valence-corrected chi connectivity index (χ0v) is 12.0. The van der Waals surface area contributed by atoms with Gasteiger partial charge in [-0.15, -0.1) is 0 Å². The number of benzene rings is 1. The number of hydrogen-bond donors (Lipinski definition) is 1. The first-order valence-corrected chi connectivity index (χ1v) is 6.73. The van der Waals surface area contributed by atoms with Crippen LogP contribution in [0.5, 0.6) is 0 Å². The summed E-state index contributed by atoms with van der Waals surface area (Å²) in [6, 6.07) is 3.52. The first-order valence-electron chi connectivity index (χ1n) is 6.73. The van der Waals surface area contributed by atoms with Crippen molar-refractivity contribution in [1.29, 1.82) is 0 Å². The monoisotopic (exact) mass is 279 g/mol. The molecule has 0 amide bonds. The molecule has 2 aromatic rings. The van der Waals surface area contributed by atoms with Crippen molar-refractivity contribution in [3.8, 4) is 11.1 Å². The number of aryl methyl sites for hydroxylation is 1. The molecule has 1 aromatic carbocycles. The van der Waals surface area contributed by atoms with Crippen LogP contribution >= 0.6 is 0 Å². The highest BCUT2D eigenvalue weighted by Crippen LogP contribution is 2.36. The molecule has 2 rings (SSSR count). The molecule has 0 bridgehead atoms. The van der Waals surface area contributed by atoms with Gasteiger partial charge >= 0.3 is 0 Å². The molecule has 0 saturated carbocycles. The molecule has 0 spiro atoms. The lowest BCUT2D eigenvalue weighted by Crippen LogP contribution is -1.98. The summed E-state index contributed by atoms with van der Waals surface area (Å²) in [5.41, 5.74) is 7.65. The first-order chi connectivity index (χ1) is 9.45. The Bertz CT molecular complexity index is 620. The van der Waals surface area contributed by atoms with Crippen molar-refractivity contribution < 1.29 is 8.78 Å². The maximum atomic E-state index is 14.0. The summed E-state index contributed by atoms with van der Waals surface area (Å²) < 4.78 is 28.6. The number of rotatable bonds is 4. The first kappa shape index (κ1) is 14.5. The van der Waals surface area contributed by atoms with E-state index in [1.54, 1.807) is 11.7 Å². The number of anilines is 1. The van der Waals surface area contributed by atoms with E-state index in [4.69, 9.17) is 5.73 Å². The summed E-state index contributed by atoms with van der Waals surface area (Å²) >= 11 is 0. The maximum Gasteiger partial charge on any atom is 0.134 e. The Morgan fingerprint density at radius 3 is 2.65 bits per heavy atom. The van der Waals surface area contributed by atoms with E-state index < -0.39 is 11.6 Å². The van der Waals surface area contributed by atoms with Gasteiger partial charge < -0.3 is 5.73 Å². The molecule has 0 aliphatic carbocycles. The minimum absolute atomic E-state index is 0.169. The lowest BCUT2D eigenvalue weighted by molar-refractivity contribution is 0.585.